The van der Waals surface area contributed by atoms with Crippen molar-refractivity contribution in [3.63, 3.8) is 0 Å². The average molecular weight is 1300 g/mol. The van der Waals surface area contributed by atoms with E-state index in [9.17, 15) is 0 Å². The fourth-order valence-electron chi connectivity index (χ4n) is 22.7. The third kappa shape index (κ3) is 7.70. The van der Waals surface area contributed by atoms with Crippen LogP contribution in [0.25, 0.3) is 120 Å². The van der Waals surface area contributed by atoms with Crippen molar-refractivity contribution in [3.8, 4) is 55.6 Å². The maximum Gasteiger partial charge on any atom is 0.0517 e. The Morgan fingerprint density at radius 1 is 0.228 bits per heavy atom. The van der Waals surface area contributed by atoms with Crippen molar-refractivity contribution in [2.24, 2.45) is 0 Å². The lowest BCUT2D eigenvalue weighted by atomic mass is 9.61. The maximum atomic E-state index is 2.73. The molecule has 0 aromatic heterocycles. The molecule has 15 aromatic rings. The van der Waals surface area contributed by atoms with Crippen molar-refractivity contribution in [1.82, 2.24) is 0 Å². The number of rotatable bonds is 8. The van der Waals surface area contributed by atoms with E-state index in [0.717, 1.165) is 25.7 Å². The number of hydrogen-bond donors (Lipinski definition) is 0. The van der Waals surface area contributed by atoms with Gasteiger partial charge in [-0.25, -0.2) is 0 Å². The zero-order chi connectivity index (χ0) is 67.5. The predicted molar refractivity (Wildman–Crippen MR) is 429 cm³/mol. The molecule has 0 spiro atoms. The largest absolute Gasteiger partial charge is 0.334 e. The fourth-order valence-corrected chi connectivity index (χ4v) is 22.7. The zero-order valence-corrected chi connectivity index (χ0v) is 59.2. The van der Waals surface area contributed by atoms with Gasteiger partial charge in [-0.05, 0) is 269 Å². The molecule has 3 heteroatoms. The minimum Gasteiger partial charge on any atom is -0.334 e. The Morgan fingerprint density at radius 2 is 0.535 bits per heavy atom. The first-order chi connectivity index (χ1) is 49.4. The molecule has 0 saturated heterocycles. The standard InChI is InChI=1S/C98H85N3/c1-93-53-22-25-56-96(93,4)99(67-33-16-9-17-34-67)81-50-41-64(59-78(81)93)70-44-47-75-86-73(70)39-28-40-74(86)89-84(62-29-12-7-13-30-62)91-76-48-45-71(65-42-51-82-79(60-65)94(2)54-23-26-57-97(94,5)100(82)68-35-18-10-19-36-68)87-72(46-49-77(88(76)87)92(91)85(90(75)89)63-31-14-8-15-32-63)66-43-52-83-80(61-66)95(3)55-24-27-58-98(95,6)101(83)69-37-20-11-21-38-69/h7-21,28-52,59-61H,22-27,53-58H2,1-6H3. The molecule has 3 nitrogen and oxygen atoms in total. The van der Waals surface area contributed by atoms with Crippen LogP contribution in [-0.4, -0.2) is 16.6 Å². The fraction of sp³-hybridized carbons (Fsp3) is 0.245. The van der Waals surface area contributed by atoms with Gasteiger partial charge in [-0.2, -0.15) is 0 Å². The average Bonchev–Trinajstić information content (AvgIpc) is 1.52. The van der Waals surface area contributed by atoms with Gasteiger partial charge < -0.3 is 14.7 Å². The molecule has 3 fully saturated rings. The molecule has 3 saturated carbocycles. The van der Waals surface area contributed by atoms with Crippen LogP contribution in [0.5, 0.6) is 0 Å². The molecule has 0 amide bonds. The smallest absolute Gasteiger partial charge is 0.0517 e. The summed E-state index contributed by atoms with van der Waals surface area (Å²) in [6.45, 7) is 15.5. The van der Waals surface area contributed by atoms with Crippen molar-refractivity contribution in [3.05, 3.63) is 278 Å². The molecule has 0 bridgehead atoms. The number of hydrogen-bond acceptors (Lipinski definition) is 3. The Morgan fingerprint density at radius 3 is 0.911 bits per heavy atom. The highest BCUT2D eigenvalue weighted by Gasteiger charge is 2.60. The van der Waals surface area contributed by atoms with Crippen LogP contribution in [0, 0.1) is 0 Å². The van der Waals surface area contributed by atoms with Crippen LogP contribution in [0.1, 0.15) is 135 Å². The molecule has 3 heterocycles. The number of nitrogens with zero attached hydrogens (tertiary/aromatic N) is 3. The zero-order valence-electron chi connectivity index (χ0n) is 59.2. The van der Waals surface area contributed by atoms with Crippen molar-refractivity contribution in [2.45, 2.75) is 151 Å². The summed E-state index contributed by atoms with van der Waals surface area (Å²) >= 11 is 0. The van der Waals surface area contributed by atoms with Gasteiger partial charge in [0.2, 0.25) is 0 Å². The first-order valence-corrected chi connectivity index (χ1v) is 37.9. The molecule has 21 rings (SSSR count). The van der Waals surface area contributed by atoms with Gasteiger partial charge in [-0.15, -0.1) is 0 Å². The lowest BCUT2D eigenvalue weighted by Crippen LogP contribution is -2.54. The molecular formula is C98H85N3. The Labute approximate surface area is 594 Å². The molecule has 6 unspecified atom stereocenters. The Kier molecular flexibility index (Phi) is 12.5. The van der Waals surface area contributed by atoms with Gasteiger partial charge in [-0.3, -0.25) is 0 Å². The normalized spacial score (nSPS) is 24.4. The molecule has 6 atom stereocenters. The van der Waals surface area contributed by atoms with Gasteiger partial charge in [0, 0.05) is 50.4 Å². The Balaban J connectivity index is 0.854. The van der Waals surface area contributed by atoms with E-state index in [-0.39, 0.29) is 32.9 Å². The lowest BCUT2D eigenvalue weighted by molar-refractivity contribution is 0.195. The van der Waals surface area contributed by atoms with Crippen LogP contribution < -0.4 is 14.7 Å². The van der Waals surface area contributed by atoms with Gasteiger partial charge in [0.15, 0.2) is 0 Å². The third-order valence-corrected chi connectivity index (χ3v) is 28.2. The van der Waals surface area contributed by atoms with E-state index in [1.807, 2.05) is 0 Å². The van der Waals surface area contributed by atoms with Crippen LogP contribution in [0.2, 0.25) is 0 Å². The van der Waals surface area contributed by atoms with E-state index in [1.165, 1.54) is 222 Å². The number of fused-ring (bicyclic) bond motifs is 15. The van der Waals surface area contributed by atoms with Gasteiger partial charge >= 0.3 is 0 Å². The molecule has 3 aliphatic heterocycles. The highest BCUT2D eigenvalue weighted by molar-refractivity contribution is 6.47. The van der Waals surface area contributed by atoms with Crippen molar-refractivity contribution in [1.29, 1.82) is 0 Å². The topological polar surface area (TPSA) is 9.72 Å². The van der Waals surface area contributed by atoms with Crippen molar-refractivity contribution >= 4 is 98.8 Å². The molecule has 492 valence electrons. The van der Waals surface area contributed by atoms with Crippen LogP contribution >= 0.6 is 0 Å². The molecule has 3 aliphatic carbocycles. The summed E-state index contributed by atoms with van der Waals surface area (Å²) in [4.78, 5) is 8.17. The second kappa shape index (κ2) is 21.2. The number of anilines is 6. The Bertz CT molecular complexity index is 5640. The number of benzene rings is 13. The van der Waals surface area contributed by atoms with E-state index in [1.54, 1.807) is 0 Å². The molecule has 6 aliphatic rings. The molecular weight excluding hydrogens is 1220 g/mol. The maximum absolute atomic E-state index is 2.73. The Hall–Kier alpha value is -10.2. The van der Waals surface area contributed by atoms with Crippen molar-refractivity contribution in [2.75, 3.05) is 14.7 Å². The van der Waals surface area contributed by atoms with E-state index in [4.69, 9.17) is 0 Å². The first-order valence-electron chi connectivity index (χ1n) is 37.9. The quantitative estimate of drug-likeness (QED) is 0.150. The van der Waals surface area contributed by atoms with E-state index in [2.05, 4.69) is 317 Å². The second-order valence-electron chi connectivity index (χ2n) is 32.6. The summed E-state index contributed by atoms with van der Waals surface area (Å²) in [5, 5.41) is 16.0. The van der Waals surface area contributed by atoms with Crippen LogP contribution in [0.3, 0.4) is 0 Å². The van der Waals surface area contributed by atoms with Crippen molar-refractivity contribution < 1.29 is 0 Å². The summed E-state index contributed by atoms with van der Waals surface area (Å²) in [6.07, 6.45) is 14.4. The number of para-hydroxylation sites is 3. The van der Waals surface area contributed by atoms with E-state index < -0.39 is 0 Å². The second-order valence-corrected chi connectivity index (χ2v) is 32.6. The highest BCUT2D eigenvalue weighted by atomic mass is 15.3. The monoisotopic (exact) mass is 1300 g/mol. The predicted octanol–water partition coefficient (Wildman–Crippen LogP) is 27.0. The summed E-state index contributed by atoms with van der Waals surface area (Å²) in [7, 11) is 0. The third-order valence-electron chi connectivity index (χ3n) is 28.2. The minimum atomic E-state index is -0.0700. The molecule has 15 aromatic carbocycles. The molecule has 0 N–H and O–H groups in total. The SMILES string of the molecule is CC12CCCCC1(C)N(c1ccccc1)c1ccc(-c3ccc4c5c(-c6ccccc6)c6c7ccc(-c8ccc9c(c8)C8(C)CCCCC8(C)N9c8ccccc8)c8c(-c9ccc%10c(c9)C9(C)CCCCC9(C)N%10c9ccccc9)ccc(c6c(-c6ccccc6)c5c5cccc3c54)c87)cc12. The van der Waals surface area contributed by atoms with Crippen LogP contribution in [-0.2, 0) is 16.2 Å². The van der Waals surface area contributed by atoms with Gasteiger partial charge in [0.05, 0.1) is 16.6 Å². The van der Waals surface area contributed by atoms with Crippen LogP contribution in [0.4, 0.5) is 34.1 Å². The summed E-state index contributed by atoms with van der Waals surface area (Å²) < 4.78 is 0. The van der Waals surface area contributed by atoms with E-state index in [0.29, 0.717) is 0 Å². The highest BCUT2D eigenvalue weighted by Crippen LogP contribution is 2.66. The van der Waals surface area contributed by atoms with Gasteiger partial charge in [-0.1, -0.05) is 247 Å². The molecule has 101 heavy (non-hydrogen) atoms. The van der Waals surface area contributed by atoms with Gasteiger partial charge in [0.25, 0.3) is 0 Å². The summed E-state index contributed by atoms with van der Waals surface area (Å²) in [6, 6.07) is 102. The first kappa shape index (κ1) is 59.6. The minimum absolute atomic E-state index is 0.00397. The molecule has 0 radical (unpaired) electrons. The van der Waals surface area contributed by atoms with E-state index >= 15 is 0 Å². The summed E-state index contributed by atoms with van der Waals surface area (Å²) in [5.74, 6) is 0. The lowest BCUT2D eigenvalue weighted by Gasteiger charge is -2.50. The summed E-state index contributed by atoms with van der Waals surface area (Å²) in [5.41, 5.74) is 25.0. The van der Waals surface area contributed by atoms with Gasteiger partial charge in [0.1, 0.15) is 0 Å². The van der Waals surface area contributed by atoms with Crippen LogP contribution in [0.15, 0.2) is 261 Å².